The summed E-state index contributed by atoms with van der Waals surface area (Å²) in [6, 6.07) is 0. The Morgan fingerprint density at radius 1 is 1.00 bits per heavy atom. The van der Waals surface area contributed by atoms with Crippen LogP contribution in [0.4, 0.5) is 0 Å². The van der Waals surface area contributed by atoms with Gasteiger partial charge in [-0.3, -0.25) is 0 Å². The maximum atomic E-state index is 3.35. The molecule has 9 heavy (non-hydrogen) atoms. The molecule has 0 amide bonds. The Balaban J connectivity index is 2.21. The summed E-state index contributed by atoms with van der Waals surface area (Å²) in [4.78, 5) is 0. The molecule has 48 valence electrons. The van der Waals surface area contributed by atoms with E-state index in [9.17, 15) is 0 Å². The molecule has 0 unspecified atom stereocenters. The van der Waals surface area contributed by atoms with Crippen molar-refractivity contribution in [1.82, 2.24) is 5.32 Å². The van der Waals surface area contributed by atoms with E-state index in [1.54, 1.807) is 11.1 Å². The van der Waals surface area contributed by atoms with Crippen LogP contribution < -0.4 is 5.32 Å². The summed E-state index contributed by atoms with van der Waals surface area (Å²) in [5.41, 5.74) is 3.27. The molecule has 1 nitrogen and oxygen atoms in total. The molecule has 2 rings (SSSR count). The van der Waals surface area contributed by atoms with Gasteiger partial charge in [-0.15, -0.1) is 0 Å². The normalized spacial score (nSPS) is 24.9. The van der Waals surface area contributed by atoms with Crippen LogP contribution in [0.2, 0.25) is 0 Å². The molecule has 0 saturated carbocycles. The average Bonchev–Trinajstić information content (AvgIpc) is 2.33. The first kappa shape index (κ1) is 5.24. The Labute approximate surface area is 55.5 Å². The van der Waals surface area contributed by atoms with Gasteiger partial charge in [-0.1, -0.05) is 23.3 Å². The third-order valence-corrected chi connectivity index (χ3v) is 2.07. The lowest BCUT2D eigenvalue weighted by Crippen LogP contribution is -2.08. The first-order chi connectivity index (χ1) is 4.47. The first-order valence-corrected chi connectivity index (χ1v) is 3.52. The van der Waals surface area contributed by atoms with Crippen molar-refractivity contribution in [1.29, 1.82) is 0 Å². The van der Waals surface area contributed by atoms with Gasteiger partial charge in [0.25, 0.3) is 0 Å². The zero-order valence-corrected chi connectivity index (χ0v) is 5.48. The monoisotopic (exact) mass is 121 g/mol. The highest BCUT2D eigenvalue weighted by atomic mass is 14.9. The number of allylic oxidation sites excluding steroid dienone is 2. The zero-order chi connectivity index (χ0) is 6.10. The van der Waals surface area contributed by atoms with Crippen LogP contribution in [0.1, 0.15) is 12.8 Å². The van der Waals surface area contributed by atoms with Crippen molar-refractivity contribution in [3.8, 4) is 0 Å². The first-order valence-electron chi connectivity index (χ1n) is 3.52. The van der Waals surface area contributed by atoms with Gasteiger partial charge in [0.15, 0.2) is 0 Å². The van der Waals surface area contributed by atoms with E-state index in [2.05, 4.69) is 17.5 Å². The molecule has 0 spiro atoms. The molecule has 1 heterocycles. The summed E-state index contributed by atoms with van der Waals surface area (Å²) in [7, 11) is 0. The smallest absolute Gasteiger partial charge is 0.0174 e. The van der Waals surface area contributed by atoms with Gasteiger partial charge in [0, 0.05) is 13.1 Å². The highest BCUT2D eigenvalue weighted by Crippen LogP contribution is 2.21. The molecule has 0 bridgehead atoms. The van der Waals surface area contributed by atoms with Crippen molar-refractivity contribution in [3.63, 3.8) is 0 Å². The van der Waals surface area contributed by atoms with Crippen LogP contribution in [0.15, 0.2) is 23.3 Å². The van der Waals surface area contributed by atoms with Crippen LogP contribution >= 0.6 is 0 Å². The van der Waals surface area contributed by atoms with Crippen LogP contribution in [-0.4, -0.2) is 13.1 Å². The van der Waals surface area contributed by atoms with E-state index in [0.717, 1.165) is 13.1 Å². The van der Waals surface area contributed by atoms with Gasteiger partial charge in [-0.2, -0.15) is 0 Å². The Morgan fingerprint density at radius 3 is 2.11 bits per heavy atom. The molecule has 1 aliphatic carbocycles. The molecular formula is C8H11N. The molecule has 1 heteroatoms. The highest BCUT2D eigenvalue weighted by molar-refractivity contribution is 5.29. The van der Waals surface area contributed by atoms with Crippen LogP contribution in [0, 0.1) is 0 Å². The second kappa shape index (κ2) is 1.99. The summed E-state index contributed by atoms with van der Waals surface area (Å²) in [5, 5.41) is 3.35. The van der Waals surface area contributed by atoms with Crippen LogP contribution in [0.25, 0.3) is 0 Å². The second-order valence-electron chi connectivity index (χ2n) is 2.69. The predicted molar refractivity (Wildman–Crippen MR) is 38.3 cm³/mol. The minimum absolute atomic E-state index is 1.14. The summed E-state index contributed by atoms with van der Waals surface area (Å²) in [6.45, 7) is 2.28. The number of hydrogen-bond donors (Lipinski definition) is 1. The molecule has 0 aromatic heterocycles. The molecular weight excluding hydrogens is 110 g/mol. The lowest BCUT2D eigenvalue weighted by atomic mass is 10.0. The van der Waals surface area contributed by atoms with Crippen molar-refractivity contribution in [2.24, 2.45) is 0 Å². The number of hydrogen-bond acceptors (Lipinski definition) is 1. The molecule has 0 aromatic carbocycles. The van der Waals surface area contributed by atoms with E-state index in [4.69, 9.17) is 0 Å². The Kier molecular flexibility index (Phi) is 1.16. The van der Waals surface area contributed by atoms with E-state index in [1.807, 2.05) is 0 Å². The molecule has 0 saturated heterocycles. The van der Waals surface area contributed by atoms with Crippen molar-refractivity contribution in [2.75, 3.05) is 13.1 Å². The summed E-state index contributed by atoms with van der Waals surface area (Å²) < 4.78 is 0. The summed E-state index contributed by atoms with van der Waals surface area (Å²) in [5.74, 6) is 0. The molecule has 1 aliphatic heterocycles. The Bertz CT molecular complexity index is 159. The minimum Gasteiger partial charge on any atom is -0.309 e. The maximum Gasteiger partial charge on any atom is 0.0174 e. The third kappa shape index (κ3) is 0.815. The van der Waals surface area contributed by atoms with Gasteiger partial charge in [0.1, 0.15) is 0 Å². The Morgan fingerprint density at radius 2 is 1.56 bits per heavy atom. The Hall–Kier alpha value is -0.560. The van der Waals surface area contributed by atoms with Crippen LogP contribution in [-0.2, 0) is 0 Å². The van der Waals surface area contributed by atoms with Crippen LogP contribution in [0.5, 0.6) is 0 Å². The molecule has 2 aliphatic rings. The standard InChI is InChI=1S/C8H11N/c1-2-4-8-6-9-5-7(8)3-1/h1-2,9H,3-6H2. The largest absolute Gasteiger partial charge is 0.309 e. The minimum atomic E-state index is 1.14. The van der Waals surface area contributed by atoms with Gasteiger partial charge in [0.2, 0.25) is 0 Å². The number of nitrogens with one attached hydrogen (secondary N) is 1. The van der Waals surface area contributed by atoms with Gasteiger partial charge in [0.05, 0.1) is 0 Å². The van der Waals surface area contributed by atoms with Crippen molar-refractivity contribution >= 4 is 0 Å². The SMILES string of the molecule is C1=CCC2=C(C1)CNC2. The van der Waals surface area contributed by atoms with Gasteiger partial charge in [-0.05, 0) is 12.8 Å². The topological polar surface area (TPSA) is 12.0 Å². The lowest BCUT2D eigenvalue weighted by molar-refractivity contribution is 0.855. The average molecular weight is 121 g/mol. The molecule has 0 atom stereocenters. The van der Waals surface area contributed by atoms with Crippen molar-refractivity contribution in [3.05, 3.63) is 23.3 Å². The summed E-state index contributed by atoms with van der Waals surface area (Å²) in [6.07, 6.45) is 6.93. The van der Waals surface area contributed by atoms with Gasteiger partial charge in [-0.25, -0.2) is 0 Å². The van der Waals surface area contributed by atoms with E-state index < -0.39 is 0 Å². The van der Waals surface area contributed by atoms with E-state index in [-0.39, 0.29) is 0 Å². The fourth-order valence-electron chi connectivity index (χ4n) is 1.50. The number of rotatable bonds is 0. The quantitative estimate of drug-likeness (QED) is 0.475. The predicted octanol–water partition coefficient (Wildman–Crippen LogP) is 1.24. The van der Waals surface area contributed by atoms with Gasteiger partial charge >= 0.3 is 0 Å². The van der Waals surface area contributed by atoms with Crippen molar-refractivity contribution < 1.29 is 0 Å². The van der Waals surface area contributed by atoms with Crippen molar-refractivity contribution in [2.45, 2.75) is 12.8 Å². The zero-order valence-electron chi connectivity index (χ0n) is 5.48. The maximum absolute atomic E-state index is 3.35. The highest BCUT2D eigenvalue weighted by Gasteiger charge is 2.13. The fourth-order valence-corrected chi connectivity index (χ4v) is 1.50. The molecule has 0 radical (unpaired) electrons. The molecule has 1 N–H and O–H groups in total. The van der Waals surface area contributed by atoms with E-state index in [0.29, 0.717) is 0 Å². The van der Waals surface area contributed by atoms with E-state index in [1.165, 1.54) is 12.8 Å². The third-order valence-electron chi connectivity index (χ3n) is 2.07. The van der Waals surface area contributed by atoms with Gasteiger partial charge < -0.3 is 5.32 Å². The molecule has 0 fully saturated rings. The second-order valence-corrected chi connectivity index (χ2v) is 2.69. The van der Waals surface area contributed by atoms with Crippen LogP contribution in [0.3, 0.4) is 0 Å². The molecule has 0 aromatic rings. The summed E-state index contributed by atoms with van der Waals surface area (Å²) >= 11 is 0. The lowest BCUT2D eigenvalue weighted by Gasteiger charge is -2.05. The van der Waals surface area contributed by atoms with E-state index >= 15 is 0 Å². The fraction of sp³-hybridized carbons (Fsp3) is 0.500.